The third kappa shape index (κ3) is 3.69. The smallest absolute Gasteiger partial charge is 0.332 e. The van der Waals surface area contributed by atoms with Gasteiger partial charge in [0.05, 0.1) is 12.6 Å². The molecule has 0 radical (unpaired) electrons. The number of hydrogen-bond acceptors (Lipinski definition) is 5. The fourth-order valence-corrected chi connectivity index (χ4v) is 3.56. The normalized spacial score (nSPS) is 17.0. The molecule has 0 unspecified atom stereocenters. The molecule has 1 aromatic carbocycles. The van der Waals surface area contributed by atoms with E-state index in [-0.39, 0.29) is 35.6 Å². The SMILES string of the molecule is Cn1c(=O)c2c(nc(OC[C@@H]3CCCCO3)n2Cc2ccc(F)cc2)n(C)c1=O. The molecule has 0 aliphatic carbocycles. The minimum atomic E-state index is -0.462. The highest BCUT2D eigenvalue weighted by Gasteiger charge is 2.22. The summed E-state index contributed by atoms with van der Waals surface area (Å²) in [5, 5.41) is 0. The zero-order valence-electron chi connectivity index (χ0n) is 16.4. The predicted octanol–water partition coefficient (Wildman–Crippen LogP) is 1.57. The highest BCUT2D eigenvalue weighted by Crippen LogP contribution is 2.21. The van der Waals surface area contributed by atoms with E-state index in [1.165, 1.54) is 23.7 Å². The molecule has 154 valence electrons. The van der Waals surface area contributed by atoms with Crippen molar-refractivity contribution in [2.75, 3.05) is 13.2 Å². The summed E-state index contributed by atoms with van der Waals surface area (Å²) in [7, 11) is 2.99. The van der Waals surface area contributed by atoms with Crippen molar-refractivity contribution in [3.05, 3.63) is 56.5 Å². The molecule has 0 spiro atoms. The standard InChI is InChI=1S/C20H23FN4O4/c1-23-17-16(18(26)24(2)20(23)27)25(11-13-6-8-14(21)9-7-13)19(22-17)29-12-15-5-3-4-10-28-15/h6-9,15H,3-5,10-12H2,1-2H3/t15-/m0/s1. The van der Waals surface area contributed by atoms with E-state index in [0.29, 0.717) is 13.2 Å². The molecule has 0 amide bonds. The van der Waals surface area contributed by atoms with Crippen molar-refractivity contribution < 1.29 is 13.9 Å². The highest BCUT2D eigenvalue weighted by molar-refractivity contribution is 5.72. The zero-order valence-corrected chi connectivity index (χ0v) is 16.4. The van der Waals surface area contributed by atoms with Crippen molar-refractivity contribution in [1.29, 1.82) is 0 Å². The first-order valence-corrected chi connectivity index (χ1v) is 9.61. The Bertz CT molecular complexity index is 1140. The van der Waals surface area contributed by atoms with Gasteiger partial charge in [0.2, 0.25) is 0 Å². The van der Waals surface area contributed by atoms with Gasteiger partial charge in [-0.3, -0.25) is 18.5 Å². The summed E-state index contributed by atoms with van der Waals surface area (Å²) >= 11 is 0. The lowest BCUT2D eigenvalue weighted by molar-refractivity contribution is -0.0134. The second-order valence-electron chi connectivity index (χ2n) is 7.28. The van der Waals surface area contributed by atoms with Gasteiger partial charge in [0.15, 0.2) is 11.2 Å². The maximum absolute atomic E-state index is 13.3. The molecule has 8 nitrogen and oxygen atoms in total. The van der Waals surface area contributed by atoms with Gasteiger partial charge in [0, 0.05) is 20.7 Å². The Labute approximate surface area is 166 Å². The van der Waals surface area contributed by atoms with Crippen LogP contribution in [0.2, 0.25) is 0 Å². The van der Waals surface area contributed by atoms with Crippen LogP contribution in [0.15, 0.2) is 33.9 Å². The van der Waals surface area contributed by atoms with Crippen LogP contribution in [-0.4, -0.2) is 38.0 Å². The molecule has 0 saturated carbocycles. The van der Waals surface area contributed by atoms with Crippen molar-refractivity contribution in [3.8, 4) is 6.01 Å². The van der Waals surface area contributed by atoms with Crippen LogP contribution in [0.1, 0.15) is 24.8 Å². The second kappa shape index (κ2) is 7.82. The van der Waals surface area contributed by atoms with E-state index in [1.54, 1.807) is 23.7 Å². The van der Waals surface area contributed by atoms with Crippen LogP contribution in [0.5, 0.6) is 6.01 Å². The number of hydrogen-bond donors (Lipinski definition) is 0. The summed E-state index contributed by atoms with van der Waals surface area (Å²) in [6.45, 7) is 1.27. The lowest BCUT2D eigenvalue weighted by Gasteiger charge is -2.22. The second-order valence-corrected chi connectivity index (χ2v) is 7.28. The molecule has 4 rings (SSSR count). The summed E-state index contributed by atoms with van der Waals surface area (Å²) in [5.74, 6) is -0.339. The average molecular weight is 402 g/mol. The number of imidazole rings is 1. The lowest BCUT2D eigenvalue weighted by atomic mass is 10.1. The maximum Gasteiger partial charge on any atom is 0.332 e. The van der Waals surface area contributed by atoms with Gasteiger partial charge in [0.25, 0.3) is 11.6 Å². The summed E-state index contributed by atoms with van der Waals surface area (Å²) in [6.07, 6.45) is 2.99. The van der Waals surface area contributed by atoms with Crippen LogP contribution in [0.3, 0.4) is 0 Å². The van der Waals surface area contributed by atoms with E-state index in [4.69, 9.17) is 9.47 Å². The number of benzene rings is 1. The summed E-state index contributed by atoms with van der Waals surface area (Å²) in [4.78, 5) is 29.6. The zero-order chi connectivity index (χ0) is 20.5. The van der Waals surface area contributed by atoms with Crippen molar-refractivity contribution in [3.63, 3.8) is 0 Å². The Morgan fingerprint density at radius 3 is 2.62 bits per heavy atom. The van der Waals surface area contributed by atoms with Crippen LogP contribution >= 0.6 is 0 Å². The Morgan fingerprint density at radius 1 is 1.17 bits per heavy atom. The van der Waals surface area contributed by atoms with E-state index < -0.39 is 11.2 Å². The Kier molecular flexibility index (Phi) is 5.23. The van der Waals surface area contributed by atoms with Gasteiger partial charge < -0.3 is 9.47 Å². The maximum atomic E-state index is 13.3. The molecule has 29 heavy (non-hydrogen) atoms. The first-order valence-electron chi connectivity index (χ1n) is 9.61. The van der Waals surface area contributed by atoms with Gasteiger partial charge in [-0.1, -0.05) is 12.1 Å². The van der Waals surface area contributed by atoms with Crippen molar-refractivity contribution in [2.24, 2.45) is 14.1 Å². The summed E-state index contributed by atoms with van der Waals surface area (Å²) in [6, 6.07) is 6.23. The fraction of sp³-hybridized carbons (Fsp3) is 0.450. The Morgan fingerprint density at radius 2 is 1.93 bits per heavy atom. The van der Waals surface area contributed by atoms with Crippen molar-refractivity contribution in [2.45, 2.75) is 31.9 Å². The third-order valence-electron chi connectivity index (χ3n) is 5.24. The molecule has 3 heterocycles. The summed E-state index contributed by atoms with van der Waals surface area (Å²) < 4.78 is 28.9. The number of rotatable bonds is 5. The monoisotopic (exact) mass is 402 g/mol. The van der Waals surface area contributed by atoms with Gasteiger partial charge in [-0.15, -0.1) is 0 Å². The molecule has 3 aromatic rings. The number of nitrogens with zero attached hydrogens (tertiary/aromatic N) is 4. The van der Waals surface area contributed by atoms with Gasteiger partial charge in [-0.2, -0.15) is 4.98 Å². The molecule has 9 heteroatoms. The quantitative estimate of drug-likeness (QED) is 0.647. The van der Waals surface area contributed by atoms with Crippen LogP contribution < -0.4 is 16.0 Å². The lowest BCUT2D eigenvalue weighted by Crippen LogP contribution is -2.37. The number of aryl methyl sites for hydroxylation is 1. The van der Waals surface area contributed by atoms with Gasteiger partial charge in [-0.05, 0) is 37.0 Å². The molecule has 1 aliphatic heterocycles. The van der Waals surface area contributed by atoms with Gasteiger partial charge in [0.1, 0.15) is 12.4 Å². The first-order chi connectivity index (χ1) is 14.0. The number of ether oxygens (including phenoxy) is 2. The average Bonchev–Trinajstić information content (AvgIpc) is 3.10. The van der Waals surface area contributed by atoms with Crippen molar-refractivity contribution in [1.82, 2.24) is 18.7 Å². The van der Waals surface area contributed by atoms with Crippen molar-refractivity contribution >= 4 is 11.2 Å². The molecule has 1 saturated heterocycles. The minimum absolute atomic E-state index is 0.0329. The number of fused-ring (bicyclic) bond motifs is 1. The highest BCUT2D eigenvalue weighted by atomic mass is 19.1. The first kappa shape index (κ1) is 19.4. The van der Waals surface area contributed by atoms with Gasteiger partial charge in [-0.25, -0.2) is 9.18 Å². The topological polar surface area (TPSA) is 80.3 Å². The van der Waals surface area contributed by atoms with E-state index in [0.717, 1.165) is 29.4 Å². The largest absolute Gasteiger partial charge is 0.462 e. The molecular formula is C20H23FN4O4. The van der Waals surface area contributed by atoms with E-state index in [2.05, 4.69) is 4.98 Å². The number of aromatic nitrogens is 4. The molecule has 2 aromatic heterocycles. The van der Waals surface area contributed by atoms with E-state index >= 15 is 0 Å². The van der Waals surface area contributed by atoms with Crippen LogP contribution in [0.4, 0.5) is 4.39 Å². The molecule has 1 atom stereocenters. The fourth-order valence-electron chi connectivity index (χ4n) is 3.56. The summed E-state index contributed by atoms with van der Waals surface area (Å²) in [5.41, 5.74) is 0.371. The molecule has 0 N–H and O–H groups in total. The minimum Gasteiger partial charge on any atom is -0.462 e. The number of halogens is 1. The van der Waals surface area contributed by atoms with E-state index in [9.17, 15) is 14.0 Å². The molecular weight excluding hydrogens is 379 g/mol. The Balaban J connectivity index is 1.78. The molecule has 1 aliphatic rings. The van der Waals surface area contributed by atoms with Crippen LogP contribution in [-0.2, 0) is 25.4 Å². The van der Waals surface area contributed by atoms with Crippen LogP contribution in [0, 0.1) is 5.82 Å². The van der Waals surface area contributed by atoms with Crippen LogP contribution in [0.25, 0.3) is 11.2 Å². The van der Waals surface area contributed by atoms with E-state index in [1.807, 2.05) is 0 Å². The molecule has 1 fully saturated rings. The Hall–Kier alpha value is -2.94. The molecule has 0 bridgehead atoms. The third-order valence-corrected chi connectivity index (χ3v) is 5.24. The van der Waals surface area contributed by atoms with Gasteiger partial charge >= 0.3 is 5.69 Å². The predicted molar refractivity (Wildman–Crippen MR) is 105 cm³/mol.